The largest absolute Gasteiger partial charge is 0.497 e. The molecule has 3 rings (SSSR count). The van der Waals surface area contributed by atoms with Gasteiger partial charge in [0.1, 0.15) is 12.4 Å². The van der Waals surface area contributed by atoms with Gasteiger partial charge in [-0.3, -0.25) is 4.79 Å². The molecule has 1 N–H and O–H groups in total. The molecule has 3 aromatic rings. The number of halogens is 1. The van der Waals surface area contributed by atoms with Crippen LogP contribution in [0.15, 0.2) is 48.7 Å². The number of hydrogen-bond donors (Lipinski definition) is 1. The standard InChI is InChI=1S/C18H14ClNO4/c1-23-13-4-2-3-11(7-13)10-24-18(22)17(21)15-9-20-16-6-5-12(19)8-14(15)16/h2-9,20H,10H2,1H3. The smallest absolute Gasteiger partial charge is 0.380 e. The number of ether oxygens (including phenoxy) is 2. The van der Waals surface area contributed by atoms with Crippen LogP contribution >= 0.6 is 11.6 Å². The van der Waals surface area contributed by atoms with E-state index >= 15 is 0 Å². The Labute approximate surface area is 143 Å². The lowest BCUT2D eigenvalue weighted by Gasteiger charge is -2.06. The van der Waals surface area contributed by atoms with Gasteiger partial charge in [0, 0.05) is 22.1 Å². The van der Waals surface area contributed by atoms with Gasteiger partial charge in [0.05, 0.1) is 12.7 Å². The Balaban J connectivity index is 1.74. The number of Topliss-reactive ketones (excluding diaryl/α,β-unsaturated/α-hetero) is 1. The van der Waals surface area contributed by atoms with Crippen molar-refractivity contribution < 1.29 is 19.1 Å². The molecule has 0 radical (unpaired) electrons. The van der Waals surface area contributed by atoms with E-state index in [-0.39, 0.29) is 12.2 Å². The van der Waals surface area contributed by atoms with Crippen molar-refractivity contribution in [3.05, 3.63) is 64.8 Å². The van der Waals surface area contributed by atoms with Crippen LogP contribution in [-0.4, -0.2) is 23.8 Å². The first kappa shape index (κ1) is 16.1. The van der Waals surface area contributed by atoms with Gasteiger partial charge in [0.15, 0.2) is 0 Å². The number of ketones is 1. The minimum Gasteiger partial charge on any atom is -0.497 e. The van der Waals surface area contributed by atoms with Gasteiger partial charge >= 0.3 is 5.97 Å². The fourth-order valence-corrected chi connectivity index (χ4v) is 2.54. The third kappa shape index (κ3) is 3.26. The van der Waals surface area contributed by atoms with Crippen LogP contribution in [0.25, 0.3) is 10.9 Å². The zero-order valence-electron chi connectivity index (χ0n) is 12.8. The van der Waals surface area contributed by atoms with E-state index in [1.165, 1.54) is 6.20 Å². The second-order valence-corrected chi connectivity index (χ2v) is 5.59. The van der Waals surface area contributed by atoms with Gasteiger partial charge in [-0.05, 0) is 35.9 Å². The van der Waals surface area contributed by atoms with Crippen molar-refractivity contribution in [3.63, 3.8) is 0 Å². The van der Waals surface area contributed by atoms with E-state index in [2.05, 4.69) is 4.98 Å². The number of carbonyl (C=O) groups excluding carboxylic acids is 2. The summed E-state index contributed by atoms with van der Waals surface area (Å²) in [6, 6.07) is 12.2. The van der Waals surface area contributed by atoms with Crippen LogP contribution in [-0.2, 0) is 16.1 Å². The zero-order chi connectivity index (χ0) is 17.1. The summed E-state index contributed by atoms with van der Waals surface area (Å²) in [5, 5.41) is 1.08. The Bertz CT molecular complexity index is 916. The number of aromatic amines is 1. The average Bonchev–Trinajstić information content (AvgIpc) is 3.02. The van der Waals surface area contributed by atoms with E-state index < -0.39 is 11.8 Å². The first-order chi connectivity index (χ1) is 11.6. The van der Waals surface area contributed by atoms with Crippen molar-refractivity contribution in [1.82, 2.24) is 4.98 Å². The Hall–Kier alpha value is -2.79. The number of methoxy groups -OCH3 is 1. The number of carbonyl (C=O) groups is 2. The van der Waals surface area contributed by atoms with E-state index in [0.29, 0.717) is 16.2 Å². The fourth-order valence-electron chi connectivity index (χ4n) is 2.37. The highest BCUT2D eigenvalue weighted by Gasteiger charge is 2.21. The maximum absolute atomic E-state index is 12.3. The SMILES string of the molecule is COc1cccc(COC(=O)C(=O)c2c[nH]c3ccc(Cl)cc23)c1. The second kappa shape index (κ2) is 6.76. The predicted molar refractivity (Wildman–Crippen MR) is 90.4 cm³/mol. The molecule has 0 unspecified atom stereocenters. The minimum atomic E-state index is -0.918. The topological polar surface area (TPSA) is 68.4 Å². The summed E-state index contributed by atoms with van der Waals surface area (Å²) in [5.74, 6) is -0.980. The lowest BCUT2D eigenvalue weighted by molar-refractivity contribution is -0.139. The van der Waals surface area contributed by atoms with Gasteiger partial charge in [-0.25, -0.2) is 4.79 Å². The van der Waals surface area contributed by atoms with Gasteiger partial charge in [-0.1, -0.05) is 23.7 Å². The molecule has 0 saturated carbocycles. The number of hydrogen-bond acceptors (Lipinski definition) is 4. The molecule has 122 valence electrons. The van der Waals surface area contributed by atoms with Crippen LogP contribution in [0.4, 0.5) is 0 Å². The highest BCUT2D eigenvalue weighted by molar-refractivity contribution is 6.43. The van der Waals surface area contributed by atoms with Crippen LogP contribution < -0.4 is 4.74 Å². The fraction of sp³-hybridized carbons (Fsp3) is 0.111. The van der Waals surface area contributed by atoms with Crippen LogP contribution in [0, 0.1) is 0 Å². The minimum absolute atomic E-state index is 0.00904. The van der Waals surface area contributed by atoms with Crippen molar-refractivity contribution in [3.8, 4) is 5.75 Å². The van der Waals surface area contributed by atoms with Crippen LogP contribution in [0.3, 0.4) is 0 Å². The summed E-state index contributed by atoms with van der Waals surface area (Å²) in [6.45, 7) is -0.00904. The van der Waals surface area contributed by atoms with Crippen molar-refractivity contribution in [2.45, 2.75) is 6.61 Å². The maximum Gasteiger partial charge on any atom is 0.380 e. The molecular weight excluding hydrogens is 330 g/mol. The quantitative estimate of drug-likeness (QED) is 0.435. The molecule has 1 aromatic heterocycles. The lowest BCUT2D eigenvalue weighted by atomic mass is 10.1. The molecule has 5 nitrogen and oxygen atoms in total. The van der Waals surface area contributed by atoms with Crippen LogP contribution in [0.2, 0.25) is 5.02 Å². The van der Waals surface area contributed by atoms with Gasteiger partial charge in [-0.15, -0.1) is 0 Å². The molecule has 0 aliphatic carbocycles. The Morgan fingerprint density at radius 3 is 2.79 bits per heavy atom. The van der Waals surface area contributed by atoms with E-state index in [1.807, 2.05) is 0 Å². The molecule has 0 aliphatic rings. The molecule has 0 bridgehead atoms. The summed E-state index contributed by atoms with van der Waals surface area (Å²) in [6.07, 6.45) is 1.48. The summed E-state index contributed by atoms with van der Waals surface area (Å²) in [4.78, 5) is 27.3. The molecule has 6 heteroatoms. The first-order valence-electron chi connectivity index (χ1n) is 7.19. The molecule has 2 aromatic carbocycles. The number of aromatic nitrogens is 1. The van der Waals surface area contributed by atoms with E-state index in [9.17, 15) is 9.59 Å². The van der Waals surface area contributed by atoms with Crippen molar-refractivity contribution in [1.29, 1.82) is 0 Å². The van der Waals surface area contributed by atoms with E-state index in [1.54, 1.807) is 49.6 Å². The Morgan fingerprint density at radius 2 is 2.00 bits per heavy atom. The molecular formula is C18H14ClNO4. The summed E-state index contributed by atoms with van der Waals surface area (Å²) in [7, 11) is 1.55. The van der Waals surface area contributed by atoms with Gasteiger partial charge < -0.3 is 14.5 Å². The molecule has 0 fully saturated rings. The number of esters is 1. The molecule has 0 saturated heterocycles. The molecule has 0 spiro atoms. The van der Waals surface area contributed by atoms with Crippen molar-refractivity contribution >= 4 is 34.3 Å². The first-order valence-corrected chi connectivity index (χ1v) is 7.57. The number of nitrogens with one attached hydrogen (secondary N) is 1. The monoisotopic (exact) mass is 343 g/mol. The summed E-state index contributed by atoms with van der Waals surface area (Å²) in [5.41, 5.74) is 1.70. The van der Waals surface area contributed by atoms with Gasteiger partial charge in [0.25, 0.3) is 5.78 Å². The van der Waals surface area contributed by atoms with Crippen LogP contribution in [0.1, 0.15) is 15.9 Å². The third-order valence-corrected chi connectivity index (χ3v) is 3.81. The molecule has 0 amide bonds. The van der Waals surface area contributed by atoms with Gasteiger partial charge in [0.2, 0.25) is 0 Å². The molecule has 0 aliphatic heterocycles. The number of fused-ring (bicyclic) bond motifs is 1. The average molecular weight is 344 g/mol. The molecule has 1 heterocycles. The number of H-pyrrole nitrogens is 1. The normalized spacial score (nSPS) is 10.6. The molecule has 24 heavy (non-hydrogen) atoms. The third-order valence-electron chi connectivity index (χ3n) is 3.58. The van der Waals surface area contributed by atoms with Crippen LogP contribution in [0.5, 0.6) is 5.75 Å². The summed E-state index contributed by atoms with van der Waals surface area (Å²) >= 11 is 5.95. The second-order valence-electron chi connectivity index (χ2n) is 5.15. The number of benzene rings is 2. The Morgan fingerprint density at radius 1 is 1.17 bits per heavy atom. The zero-order valence-corrected chi connectivity index (χ0v) is 13.6. The summed E-state index contributed by atoms with van der Waals surface area (Å²) < 4.78 is 10.2. The van der Waals surface area contributed by atoms with E-state index in [4.69, 9.17) is 21.1 Å². The van der Waals surface area contributed by atoms with Crippen molar-refractivity contribution in [2.75, 3.05) is 7.11 Å². The maximum atomic E-state index is 12.3. The lowest BCUT2D eigenvalue weighted by Crippen LogP contribution is -2.17. The highest BCUT2D eigenvalue weighted by atomic mass is 35.5. The highest BCUT2D eigenvalue weighted by Crippen LogP contribution is 2.23. The van der Waals surface area contributed by atoms with Crippen molar-refractivity contribution in [2.24, 2.45) is 0 Å². The molecule has 0 atom stereocenters. The van der Waals surface area contributed by atoms with E-state index in [0.717, 1.165) is 11.1 Å². The van der Waals surface area contributed by atoms with Gasteiger partial charge in [-0.2, -0.15) is 0 Å². The predicted octanol–water partition coefficient (Wildman–Crippen LogP) is 3.76. The number of rotatable bonds is 5. The Kier molecular flexibility index (Phi) is 4.53.